The molecule has 0 heterocycles. The van der Waals surface area contributed by atoms with E-state index in [1.807, 2.05) is 24.3 Å². The number of rotatable bonds is 2. The number of nitrogens with zero attached hydrogens (tertiary/aromatic N) is 2. The van der Waals surface area contributed by atoms with Crippen molar-refractivity contribution < 1.29 is 0 Å². The topological polar surface area (TPSA) is 50.7 Å². The van der Waals surface area contributed by atoms with Gasteiger partial charge in [-0.15, -0.1) is 0 Å². The van der Waals surface area contributed by atoms with Crippen molar-refractivity contribution in [1.82, 2.24) is 0 Å². The van der Waals surface area contributed by atoms with Gasteiger partial charge < -0.3 is 5.73 Å². The average Bonchev–Trinajstić information content (AvgIpc) is 2.32. The van der Waals surface area contributed by atoms with E-state index in [9.17, 15) is 0 Å². The standard InChI is InChI=1S/C15H19N3/c1-11-4-5-14(12(2)10-11)17-18-15(3)8-6-13(16)7-9-15/h4-8,10H,9,16H2,1-3H3. The zero-order valence-electron chi connectivity index (χ0n) is 11.1. The third-order valence-corrected chi connectivity index (χ3v) is 3.12. The minimum absolute atomic E-state index is 0.278. The predicted molar refractivity (Wildman–Crippen MR) is 74.9 cm³/mol. The zero-order valence-corrected chi connectivity index (χ0v) is 11.1. The lowest BCUT2D eigenvalue weighted by molar-refractivity contribution is 0.559. The molecule has 0 aromatic heterocycles. The van der Waals surface area contributed by atoms with Crippen LogP contribution in [0.15, 0.2) is 52.4 Å². The Hall–Kier alpha value is -1.90. The molecule has 2 N–H and O–H groups in total. The Morgan fingerprint density at radius 1 is 1.28 bits per heavy atom. The Labute approximate surface area is 108 Å². The summed E-state index contributed by atoms with van der Waals surface area (Å²) in [7, 11) is 0. The van der Waals surface area contributed by atoms with Gasteiger partial charge in [-0.25, -0.2) is 0 Å². The summed E-state index contributed by atoms with van der Waals surface area (Å²) in [6, 6.07) is 6.18. The lowest BCUT2D eigenvalue weighted by Gasteiger charge is -2.21. The van der Waals surface area contributed by atoms with Gasteiger partial charge in [0.05, 0.1) is 5.69 Å². The van der Waals surface area contributed by atoms with Gasteiger partial charge in [-0.1, -0.05) is 29.8 Å². The zero-order chi connectivity index (χ0) is 13.2. The highest BCUT2D eigenvalue weighted by atomic mass is 15.1. The largest absolute Gasteiger partial charge is 0.399 e. The minimum Gasteiger partial charge on any atom is -0.399 e. The highest BCUT2D eigenvalue weighted by Gasteiger charge is 2.21. The van der Waals surface area contributed by atoms with Crippen LogP contribution in [-0.4, -0.2) is 5.54 Å². The number of benzene rings is 1. The van der Waals surface area contributed by atoms with Gasteiger partial charge in [-0.2, -0.15) is 10.2 Å². The summed E-state index contributed by atoms with van der Waals surface area (Å²) in [5.74, 6) is 0. The van der Waals surface area contributed by atoms with Crippen LogP contribution < -0.4 is 5.73 Å². The fourth-order valence-corrected chi connectivity index (χ4v) is 1.90. The molecule has 3 nitrogen and oxygen atoms in total. The Morgan fingerprint density at radius 2 is 2.06 bits per heavy atom. The van der Waals surface area contributed by atoms with Gasteiger partial charge in [0.15, 0.2) is 0 Å². The van der Waals surface area contributed by atoms with Crippen LogP contribution in [0.4, 0.5) is 5.69 Å². The Kier molecular flexibility index (Phi) is 3.32. The van der Waals surface area contributed by atoms with Crippen molar-refractivity contribution in [3.05, 3.63) is 53.3 Å². The van der Waals surface area contributed by atoms with Gasteiger partial charge in [-0.3, -0.25) is 0 Å². The molecule has 0 spiro atoms. The summed E-state index contributed by atoms with van der Waals surface area (Å²) < 4.78 is 0. The first-order chi connectivity index (χ1) is 8.48. The van der Waals surface area contributed by atoms with Crippen LogP contribution in [0.25, 0.3) is 0 Å². The lowest BCUT2D eigenvalue weighted by atomic mass is 9.94. The Bertz CT molecular complexity index is 541. The van der Waals surface area contributed by atoms with Crippen molar-refractivity contribution in [3.8, 4) is 0 Å². The quantitative estimate of drug-likeness (QED) is 0.783. The highest BCUT2D eigenvalue weighted by Crippen LogP contribution is 2.27. The molecule has 94 valence electrons. The van der Waals surface area contributed by atoms with E-state index in [0.717, 1.165) is 23.4 Å². The second kappa shape index (κ2) is 4.77. The molecule has 18 heavy (non-hydrogen) atoms. The fourth-order valence-electron chi connectivity index (χ4n) is 1.90. The van der Waals surface area contributed by atoms with Crippen LogP contribution in [0.5, 0.6) is 0 Å². The molecule has 0 saturated carbocycles. The van der Waals surface area contributed by atoms with Crippen LogP contribution in [0.3, 0.4) is 0 Å². The molecule has 1 atom stereocenters. The first-order valence-electron chi connectivity index (χ1n) is 6.14. The summed E-state index contributed by atoms with van der Waals surface area (Å²) in [4.78, 5) is 0. The Balaban J connectivity index is 2.19. The first-order valence-corrected chi connectivity index (χ1v) is 6.14. The maximum atomic E-state index is 5.71. The maximum absolute atomic E-state index is 5.71. The second-order valence-electron chi connectivity index (χ2n) is 5.09. The fraction of sp³-hybridized carbons (Fsp3) is 0.333. The van der Waals surface area contributed by atoms with Gasteiger partial charge >= 0.3 is 0 Å². The molecule has 0 fully saturated rings. The van der Waals surface area contributed by atoms with E-state index in [2.05, 4.69) is 43.1 Å². The van der Waals surface area contributed by atoms with Crippen molar-refractivity contribution in [1.29, 1.82) is 0 Å². The molecule has 1 aliphatic carbocycles. The number of nitrogens with two attached hydrogens (primary N) is 1. The molecule has 0 amide bonds. The highest BCUT2D eigenvalue weighted by molar-refractivity contribution is 5.46. The molecular formula is C15H19N3. The number of allylic oxidation sites excluding steroid dienone is 1. The molecule has 3 heteroatoms. The molecule has 1 unspecified atom stereocenters. The van der Waals surface area contributed by atoms with Gasteiger partial charge in [0.1, 0.15) is 5.54 Å². The normalized spacial score (nSPS) is 23.4. The summed E-state index contributed by atoms with van der Waals surface area (Å²) in [5.41, 5.74) is 9.55. The minimum atomic E-state index is -0.278. The van der Waals surface area contributed by atoms with Gasteiger partial charge in [0.25, 0.3) is 0 Å². The van der Waals surface area contributed by atoms with Crippen LogP contribution >= 0.6 is 0 Å². The van der Waals surface area contributed by atoms with E-state index < -0.39 is 0 Å². The van der Waals surface area contributed by atoms with Crippen LogP contribution in [0.2, 0.25) is 0 Å². The summed E-state index contributed by atoms with van der Waals surface area (Å²) in [6.07, 6.45) is 6.69. The molecule has 1 aliphatic rings. The van der Waals surface area contributed by atoms with Crippen molar-refractivity contribution in [3.63, 3.8) is 0 Å². The van der Waals surface area contributed by atoms with Crippen LogP contribution in [0.1, 0.15) is 24.5 Å². The molecular weight excluding hydrogens is 222 g/mol. The SMILES string of the molecule is Cc1ccc(N=NC2(C)C=CC(N)=CC2)c(C)c1. The van der Waals surface area contributed by atoms with E-state index in [-0.39, 0.29) is 5.54 Å². The predicted octanol–water partition coefficient (Wildman–Crippen LogP) is 3.95. The second-order valence-corrected chi connectivity index (χ2v) is 5.09. The molecule has 1 aromatic carbocycles. The van der Waals surface area contributed by atoms with Crippen molar-refractivity contribution in [2.45, 2.75) is 32.7 Å². The lowest BCUT2D eigenvalue weighted by Crippen LogP contribution is -2.20. The van der Waals surface area contributed by atoms with E-state index in [4.69, 9.17) is 5.73 Å². The van der Waals surface area contributed by atoms with E-state index in [0.29, 0.717) is 0 Å². The Morgan fingerprint density at radius 3 is 2.67 bits per heavy atom. The maximum Gasteiger partial charge on any atom is 0.101 e. The van der Waals surface area contributed by atoms with E-state index >= 15 is 0 Å². The molecule has 0 bridgehead atoms. The van der Waals surface area contributed by atoms with Crippen molar-refractivity contribution in [2.75, 3.05) is 0 Å². The van der Waals surface area contributed by atoms with Crippen LogP contribution in [-0.2, 0) is 0 Å². The van der Waals surface area contributed by atoms with Gasteiger partial charge in [-0.05, 0) is 44.9 Å². The molecule has 1 aromatic rings. The third kappa shape index (κ3) is 2.86. The van der Waals surface area contributed by atoms with Crippen molar-refractivity contribution >= 4 is 5.69 Å². The van der Waals surface area contributed by atoms with Crippen molar-refractivity contribution in [2.24, 2.45) is 16.0 Å². The average molecular weight is 241 g/mol. The molecule has 0 saturated heterocycles. The number of azo groups is 1. The molecule has 2 rings (SSSR count). The number of hydrogen-bond donors (Lipinski definition) is 1. The van der Waals surface area contributed by atoms with E-state index in [1.54, 1.807) is 0 Å². The van der Waals surface area contributed by atoms with Gasteiger partial charge in [0, 0.05) is 5.70 Å². The van der Waals surface area contributed by atoms with Crippen LogP contribution in [0, 0.1) is 13.8 Å². The summed E-state index contributed by atoms with van der Waals surface area (Å²) in [6.45, 7) is 6.18. The molecule has 0 radical (unpaired) electrons. The smallest absolute Gasteiger partial charge is 0.101 e. The summed E-state index contributed by atoms with van der Waals surface area (Å²) >= 11 is 0. The number of hydrogen-bond acceptors (Lipinski definition) is 3. The van der Waals surface area contributed by atoms with Gasteiger partial charge in [0.2, 0.25) is 0 Å². The monoisotopic (exact) mass is 241 g/mol. The number of aryl methyl sites for hydroxylation is 2. The third-order valence-electron chi connectivity index (χ3n) is 3.12. The summed E-state index contributed by atoms with van der Waals surface area (Å²) in [5, 5.41) is 8.82. The first kappa shape index (κ1) is 12.6. The molecule has 0 aliphatic heterocycles. The van der Waals surface area contributed by atoms with E-state index in [1.165, 1.54) is 5.56 Å².